The van der Waals surface area contributed by atoms with E-state index in [9.17, 15) is 19.5 Å². The normalized spacial score (nSPS) is 15.3. The Balaban J connectivity index is 2.56. The highest BCUT2D eigenvalue weighted by atomic mass is 16.4. The SMILES string of the molecule is C=C1CC(=O)N(c2cccc(C(=O)O)c2O)C1=O. The van der Waals surface area contributed by atoms with Gasteiger partial charge in [0.05, 0.1) is 12.1 Å². The molecule has 0 atom stereocenters. The zero-order valence-electron chi connectivity index (χ0n) is 9.21. The lowest BCUT2D eigenvalue weighted by atomic mass is 10.1. The minimum atomic E-state index is -1.34. The number of carboxylic acid groups (broad SMARTS) is 1. The third kappa shape index (κ3) is 1.64. The second-order valence-electron chi connectivity index (χ2n) is 3.79. The fraction of sp³-hybridized carbons (Fsp3) is 0.0833. The Kier molecular flexibility index (Phi) is 2.63. The minimum absolute atomic E-state index is 0.111. The van der Waals surface area contributed by atoms with Crippen molar-refractivity contribution >= 4 is 23.5 Å². The minimum Gasteiger partial charge on any atom is -0.505 e. The molecule has 2 amide bonds. The summed E-state index contributed by atoms with van der Waals surface area (Å²) in [7, 11) is 0. The molecule has 1 aromatic rings. The zero-order valence-corrected chi connectivity index (χ0v) is 9.21. The van der Waals surface area contributed by atoms with Crippen LogP contribution in [-0.2, 0) is 9.59 Å². The fourth-order valence-corrected chi connectivity index (χ4v) is 1.74. The second kappa shape index (κ2) is 3.99. The van der Waals surface area contributed by atoms with E-state index in [1.807, 2.05) is 0 Å². The van der Waals surface area contributed by atoms with Crippen molar-refractivity contribution in [1.82, 2.24) is 0 Å². The Hall–Kier alpha value is -2.63. The molecule has 1 aliphatic rings. The van der Waals surface area contributed by atoms with E-state index >= 15 is 0 Å². The summed E-state index contributed by atoms with van der Waals surface area (Å²) < 4.78 is 0. The maximum atomic E-state index is 11.7. The molecule has 1 heterocycles. The topological polar surface area (TPSA) is 94.9 Å². The lowest BCUT2D eigenvalue weighted by Crippen LogP contribution is -2.29. The quantitative estimate of drug-likeness (QED) is 0.598. The van der Waals surface area contributed by atoms with Crippen molar-refractivity contribution in [1.29, 1.82) is 0 Å². The molecule has 6 nitrogen and oxygen atoms in total. The van der Waals surface area contributed by atoms with E-state index in [0.29, 0.717) is 0 Å². The van der Waals surface area contributed by atoms with Crippen LogP contribution in [0.25, 0.3) is 0 Å². The van der Waals surface area contributed by atoms with Gasteiger partial charge in [0.15, 0.2) is 5.75 Å². The smallest absolute Gasteiger partial charge is 0.339 e. The van der Waals surface area contributed by atoms with Crippen LogP contribution in [0.2, 0.25) is 0 Å². The number of aromatic carboxylic acids is 1. The van der Waals surface area contributed by atoms with E-state index in [1.165, 1.54) is 18.2 Å². The van der Waals surface area contributed by atoms with Crippen LogP contribution in [0.3, 0.4) is 0 Å². The number of carbonyl (C=O) groups is 3. The maximum Gasteiger partial charge on any atom is 0.339 e. The number of nitrogens with zero attached hydrogens (tertiary/aromatic N) is 1. The molecule has 1 saturated heterocycles. The summed E-state index contributed by atoms with van der Waals surface area (Å²) in [6, 6.07) is 3.83. The molecule has 0 aliphatic carbocycles. The highest BCUT2D eigenvalue weighted by molar-refractivity contribution is 6.28. The average Bonchev–Trinajstić information content (AvgIpc) is 2.54. The number of imide groups is 1. The first-order chi connectivity index (χ1) is 8.43. The molecule has 0 unspecified atom stereocenters. The number of carbonyl (C=O) groups excluding carboxylic acids is 2. The number of rotatable bonds is 2. The first-order valence-corrected chi connectivity index (χ1v) is 5.04. The third-order valence-corrected chi connectivity index (χ3v) is 2.61. The second-order valence-corrected chi connectivity index (χ2v) is 3.79. The largest absolute Gasteiger partial charge is 0.505 e. The summed E-state index contributed by atoms with van der Waals surface area (Å²) >= 11 is 0. The van der Waals surface area contributed by atoms with Gasteiger partial charge in [0.25, 0.3) is 5.91 Å². The lowest BCUT2D eigenvalue weighted by molar-refractivity contribution is -0.120. The highest BCUT2D eigenvalue weighted by Gasteiger charge is 2.35. The number of carboxylic acids is 1. The predicted octanol–water partition coefficient (Wildman–Crippen LogP) is 0.910. The molecule has 1 fully saturated rings. The van der Waals surface area contributed by atoms with Crippen LogP contribution in [0.15, 0.2) is 30.4 Å². The van der Waals surface area contributed by atoms with Gasteiger partial charge in [-0.1, -0.05) is 12.6 Å². The van der Waals surface area contributed by atoms with Gasteiger partial charge in [-0.05, 0) is 12.1 Å². The zero-order chi connectivity index (χ0) is 13.4. The Labute approximate surface area is 102 Å². The summed E-state index contributed by atoms with van der Waals surface area (Å²) in [5.74, 6) is -3.12. The highest BCUT2D eigenvalue weighted by Crippen LogP contribution is 2.34. The van der Waals surface area contributed by atoms with E-state index in [-0.39, 0.29) is 23.2 Å². The average molecular weight is 247 g/mol. The Bertz CT molecular complexity index is 590. The number of amides is 2. The number of benzene rings is 1. The molecule has 6 heteroatoms. The Morgan fingerprint density at radius 3 is 2.50 bits per heavy atom. The van der Waals surface area contributed by atoms with Gasteiger partial charge in [-0.2, -0.15) is 0 Å². The van der Waals surface area contributed by atoms with Crippen LogP contribution >= 0.6 is 0 Å². The van der Waals surface area contributed by atoms with Gasteiger partial charge in [0.2, 0.25) is 5.91 Å². The molecule has 0 radical (unpaired) electrons. The third-order valence-electron chi connectivity index (χ3n) is 2.61. The molecule has 1 aliphatic heterocycles. The molecule has 0 aromatic heterocycles. The maximum absolute atomic E-state index is 11.7. The summed E-state index contributed by atoms with van der Waals surface area (Å²) in [4.78, 5) is 34.9. The van der Waals surface area contributed by atoms with Crippen molar-refractivity contribution in [2.45, 2.75) is 6.42 Å². The molecular weight excluding hydrogens is 238 g/mol. The first kappa shape index (κ1) is 11.8. The summed E-state index contributed by atoms with van der Waals surface area (Å²) in [6.45, 7) is 3.44. The van der Waals surface area contributed by atoms with Gasteiger partial charge in [-0.3, -0.25) is 9.59 Å². The van der Waals surface area contributed by atoms with Gasteiger partial charge >= 0.3 is 5.97 Å². The number of para-hydroxylation sites is 1. The van der Waals surface area contributed by atoms with Gasteiger partial charge in [0, 0.05) is 5.57 Å². The predicted molar refractivity (Wildman–Crippen MR) is 61.3 cm³/mol. The number of phenols is 1. The van der Waals surface area contributed by atoms with Gasteiger partial charge in [-0.15, -0.1) is 0 Å². The Morgan fingerprint density at radius 2 is 2.00 bits per heavy atom. The van der Waals surface area contributed by atoms with Gasteiger partial charge in [-0.25, -0.2) is 9.69 Å². The molecule has 1 aromatic carbocycles. The molecular formula is C12H9NO5. The number of anilines is 1. The molecule has 0 bridgehead atoms. The Morgan fingerprint density at radius 1 is 1.33 bits per heavy atom. The number of aromatic hydroxyl groups is 1. The van der Waals surface area contributed by atoms with E-state index in [4.69, 9.17) is 5.11 Å². The number of hydrogen-bond donors (Lipinski definition) is 2. The molecule has 2 N–H and O–H groups in total. The van der Waals surface area contributed by atoms with Crippen molar-refractivity contribution in [2.75, 3.05) is 4.90 Å². The summed E-state index contributed by atoms with van der Waals surface area (Å²) in [5, 5.41) is 18.6. The van der Waals surface area contributed by atoms with E-state index < -0.39 is 23.5 Å². The monoisotopic (exact) mass is 247 g/mol. The van der Waals surface area contributed by atoms with Crippen LogP contribution in [-0.4, -0.2) is 28.0 Å². The van der Waals surface area contributed by atoms with Gasteiger partial charge in [0.1, 0.15) is 5.56 Å². The van der Waals surface area contributed by atoms with Crippen LogP contribution in [0.4, 0.5) is 5.69 Å². The van der Waals surface area contributed by atoms with E-state index in [0.717, 1.165) is 4.90 Å². The fourth-order valence-electron chi connectivity index (χ4n) is 1.74. The van der Waals surface area contributed by atoms with Crippen molar-refractivity contribution in [3.05, 3.63) is 35.9 Å². The van der Waals surface area contributed by atoms with Crippen molar-refractivity contribution in [3.63, 3.8) is 0 Å². The van der Waals surface area contributed by atoms with E-state index in [2.05, 4.69) is 6.58 Å². The van der Waals surface area contributed by atoms with Crippen molar-refractivity contribution in [2.24, 2.45) is 0 Å². The number of hydrogen-bond acceptors (Lipinski definition) is 4. The van der Waals surface area contributed by atoms with Crippen LogP contribution < -0.4 is 4.90 Å². The van der Waals surface area contributed by atoms with Crippen LogP contribution in [0.1, 0.15) is 16.8 Å². The van der Waals surface area contributed by atoms with Crippen LogP contribution in [0, 0.1) is 0 Å². The summed E-state index contributed by atoms with van der Waals surface area (Å²) in [5.41, 5.74) is -0.394. The standard InChI is InChI=1S/C12H9NO5/c1-6-5-9(14)13(11(6)16)8-4-2-3-7(10(8)15)12(17)18/h2-4,15H,1,5H2,(H,17,18). The molecule has 0 spiro atoms. The van der Waals surface area contributed by atoms with Gasteiger partial charge < -0.3 is 10.2 Å². The van der Waals surface area contributed by atoms with Crippen molar-refractivity contribution in [3.8, 4) is 5.75 Å². The first-order valence-electron chi connectivity index (χ1n) is 5.04. The summed E-state index contributed by atoms with van der Waals surface area (Å²) in [6.07, 6.45) is -0.129. The molecule has 92 valence electrons. The lowest BCUT2D eigenvalue weighted by Gasteiger charge is -2.15. The van der Waals surface area contributed by atoms with E-state index in [1.54, 1.807) is 0 Å². The van der Waals surface area contributed by atoms with Crippen LogP contribution in [0.5, 0.6) is 5.75 Å². The molecule has 2 rings (SSSR count). The molecule has 18 heavy (non-hydrogen) atoms. The van der Waals surface area contributed by atoms with Crippen molar-refractivity contribution < 1.29 is 24.6 Å². The molecule has 0 saturated carbocycles.